The predicted molar refractivity (Wildman–Crippen MR) is 97.0 cm³/mol. The Hall–Kier alpha value is -2.34. The normalized spacial score (nSPS) is 11.5. The standard InChI is InChI=1S/C18H19BrN2O3/c1-11-9-14(19)10-12(2)15(11)20-18(23)21-16(17(22)24-3)13-7-5-4-6-8-13/h4-10,16H,1-3H3,(H2,20,21,23). The zero-order chi connectivity index (χ0) is 17.7. The van der Waals surface area contributed by atoms with E-state index in [4.69, 9.17) is 4.74 Å². The van der Waals surface area contributed by atoms with Crippen molar-refractivity contribution in [3.63, 3.8) is 0 Å². The number of rotatable bonds is 4. The van der Waals surface area contributed by atoms with Crippen molar-refractivity contribution in [3.8, 4) is 0 Å². The molecule has 0 saturated carbocycles. The van der Waals surface area contributed by atoms with Gasteiger partial charge >= 0.3 is 12.0 Å². The number of hydrogen-bond donors (Lipinski definition) is 2. The smallest absolute Gasteiger partial charge is 0.333 e. The van der Waals surface area contributed by atoms with Gasteiger partial charge in [-0.2, -0.15) is 0 Å². The second kappa shape index (κ2) is 7.97. The highest BCUT2D eigenvalue weighted by Gasteiger charge is 2.23. The number of esters is 1. The van der Waals surface area contributed by atoms with Crippen LogP contribution in [0.1, 0.15) is 22.7 Å². The molecule has 0 spiro atoms. The summed E-state index contributed by atoms with van der Waals surface area (Å²) in [4.78, 5) is 24.4. The molecule has 0 aliphatic carbocycles. The van der Waals surface area contributed by atoms with Crippen LogP contribution in [0.3, 0.4) is 0 Å². The van der Waals surface area contributed by atoms with Crippen LogP contribution in [0.5, 0.6) is 0 Å². The van der Waals surface area contributed by atoms with Gasteiger partial charge in [0.15, 0.2) is 6.04 Å². The summed E-state index contributed by atoms with van der Waals surface area (Å²) >= 11 is 3.42. The Balaban J connectivity index is 2.19. The van der Waals surface area contributed by atoms with Crippen LogP contribution in [-0.4, -0.2) is 19.1 Å². The van der Waals surface area contributed by atoms with Crippen molar-refractivity contribution >= 4 is 33.6 Å². The number of carbonyl (C=O) groups is 2. The number of carbonyl (C=O) groups excluding carboxylic acids is 2. The van der Waals surface area contributed by atoms with Gasteiger partial charge in [0.1, 0.15) is 0 Å². The van der Waals surface area contributed by atoms with Crippen LogP contribution in [0.4, 0.5) is 10.5 Å². The van der Waals surface area contributed by atoms with Crippen LogP contribution in [0.25, 0.3) is 0 Å². The number of benzene rings is 2. The maximum atomic E-state index is 12.4. The van der Waals surface area contributed by atoms with Crippen LogP contribution in [-0.2, 0) is 9.53 Å². The minimum absolute atomic E-state index is 0.470. The number of ether oxygens (including phenoxy) is 1. The van der Waals surface area contributed by atoms with E-state index in [-0.39, 0.29) is 0 Å². The SMILES string of the molecule is COC(=O)C(NC(=O)Nc1c(C)cc(Br)cc1C)c1ccccc1. The predicted octanol–water partition coefficient (Wildman–Crippen LogP) is 4.10. The van der Waals surface area contributed by atoms with E-state index in [1.807, 2.05) is 32.0 Å². The molecule has 2 N–H and O–H groups in total. The lowest BCUT2D eigenvalue weighted by atomic mass is 10.1. The van der Waals surface area contributed by atoms with Crippen LogP contribution < -0.4 is 10.6 Å². The molecule has 6 heteroatoms. The highest BCUT2D eigenvalue weighted by atomic mass is 79.9. The van der Waals surface area contributed by atoms with Gasteiger partial charge in [-0.1, -0.05) is 46.3 Å². The summed E-state index contributed by atoms with van der Waals surface area (Å²) in [5.41, 5.74) is 3.22. The Kier molecular flexibility index (Phi) is 5.98. The van der Waals surface area contributed by atoms with Crippen LogP contribution in [0.15, 0.2) is 46.9 Å². The number of nitrogens with one attached hydrogen (secondary N) is 2. The topological polar surface area (TPSA) is 67.4 Å². The van der Waals surface area contributed by atoms with Crippen molar-refractivity contribution in [1.29, 1.82) is 0 Å². The molecule has 0 radical (unpaired) electrons. The summed E-state index contributed by atoms with van der Waals surface area (Å²) in [6, 6.07) is 11.5. The molecule has 2 amide bonds. The van der Waals surface area contributed by atoms with Gasteiger partial charge in [-0.25, -0.2) is 9.59 Å². The molecule has 0 bridgehead atoms. The first-order chi connectivity index (χ1) is 11.4. The molecule has 0 fully saturated rings. The minimum Gasteiger partial charge on any atom is -0.467 e. The number of anilines is 1. The average Bonchev–Trinajstić information content (AvgIpc) is 2.56. The van der Waals surface area contributed by atoms with E-state index in [2.05, 4.69) is 26.6 Å². The zero-order valence-electron chi connectivity index (χ0n) is 13.7. The van der Waals surface area contributed by atoms with Crippen molar-refractivity contribution in [3.05, 3.63) is 63.6 Å². The van der Waals surface area contributed by atoms with Crippen molar-refractivity contribution in [2.75, 3.05) is 12.4 Å². The summed E-state index contributed by atoms with van der Waals surface area (Å²) in [5, 5.41) is 5.47. The summed E-state index contributed by atoms with van der Waals surface area (Å²) < 4.78 is 5.74. The third-order valence-corrected chi connectivity index (χ3v) is 4.04. The van der Waals surface area contributed by atoms with Crippen LogP contribution in [0.2, 0.25) is 0 Å². The van der Waals surface area contributed by atoms with Gasteiger partial charge in [-0.15, -0.1) is 0 Å². The van der Waals surface area contributed by atoms with E-state index < -0.39 is 18.0 Å². The van der Waals surface area contributed by atoms with Crippen LogP contribution >= 0.6 is 15.9 Å². The van der Waals surface area contributed by atoms with E-state index in [1.54, 1.807) is 24.3 Å². The first-order valence-corrected chi connectivity index (χ1v) is 8.18. The molecule has 0 aliphatic rings. The van der Waals surface area contributed by atoms with Gasteiger partial charge < -0.3 is 15.4 Å². The summed E-state index contributed by atoms with van der Waals surface area (Å²) in [7, 11) is 1.29. The number of urea groups is 1. The third-order valence-electron chi connectivity index (χ3n) is 3.58. The number of halogens is 1. The second-order valence-corrected chi connectivity index (χ2v) is 6.30. The van der Waals surface area contributed by atoms with E-state index in [1.165, 1.54) is 7.11 Å². The molecule has 1 atom stereocenters. The zero-order valence-corrected chi connectivity index (χ0v) is 15.3. The lowest BCUT2D eigenvalue weighted by molar-refractivity contribution is -0.143. The lowest BCUT2D eigenvalue weighted by Crippen LogP contribution is -2.37. The first kappa shape index (κ1) is 18.0. The number of aryl methyl sites for hydroxylation is 2. The molecule has 2 rings (SSSR count). The van der Waals surface area contributed by atoms with Crippen molar-refractivity contribution in [2.24, 2.45) is 0 Å². The summed E-state index contributed by atoms with van der Waals surface area (Å²) in [6.45, 7) is 3.81. The number of methoxy groups -OCH3 is 1. The molecule has 2 aromatic rings. The lowest BCUT2D eigenvalue weighted by Gasteiger charge is -2.19. The van der Waals surface area contributed by atoms with Gasteiger partial charge in [0.25, 0.3) is 0 Å². The van der Waals surface area contributed by atoms with Gasteiger partial charge in [0.2, 0.25) is 0 Å². The Morgan fingerprint density at radius 3 is 2.21 bits per heavy atom. The minimum atomic E-state index is -0.868. The molecule has 0 heterocycles. The van der Waals surface area contributed by atoms with Gasteiger partial charge in [-0.3, -0.25) is 0 Å². The molecule has 5 nitrogen and oxygen atoms in total. The monoisotopic (exact) mass is 390 g/mol. The van der Waals surface area contributed by atoms with Crippen molar-refractivity contribution in [1.82, 2.24) is 5.32 Å². The molecule has 0 aromatic heterocycles. The number of amides is 2. The van der Waals surface area contributed by atoms with Crippen molar-refractivity contribution in [2.45, 2.75) is 19.9 Å². The molecule has 2 aromatic carbocycles. The summed E-state index contributed by atoms with van der Waals surface area (Å²) in [6.07, 6.45) is 0. The Bertz CT molecular complexity index is 724. The van der Waals surface area contributed by atoms with Crippen LogP contribution in [0, 0.1) is 13.8 Å². The van der Waals surface area contributed by atoms with Crippen molar-refractivity contribution < 1.29 is 14.3 Å². The molecule has 0 aliphatic heterocycles. The third kappa shape index (κ3) is 4.35. The Morgan fingerprint density at radius 1 is 1.08 bits per heavy atom. The van der Waals surface area contributed by atoms with Gasteiger partial charge in [0, 0.05) is 10.2 Å². The number of hydrogen-bond acceptors (Lipinski definition) is 3. The van der Waals surface area contributed by atoms with Gasteiger partial charge in [0.05, 0.1) is 7.11 Å². The highest BCUT2D eigenvalue weighted by molar-refractivity contribution is 9.10. The Morgan fingerprint density at radius 2 is 1.67 bits per heavy atom. The highest BCUT2D eigenvalue weighted by Crippen LogP contribution is 2.25. The van der Waals surface area contributed by atoms with E-state index in [0.29, 0.717) is 11.3 Å². The quantitative estimate of drug-likeness (QED) is 0.772. The van der Waals surface area contributed by atoms with E-state index in [9.17, 15) is 9.59 Å². The molecule has 126 valence electrons. The van der Waals surface area contributed by atoms with Gasteiger partial charge in [-0.05, 0) is 42.7 Å². The fourth-order valence-electron chi connectivity index (χ4n) is 2.43. The largest absolute Gasteiger partial charge is 0.467 e. The summed E-state index contributed by atoms with van der Waals surface area (Å²) in [5.74, 6) is -0.527. The second-order valence-electron chi connectivity index (χ2n) is 5.38. The maximum Gasteiger partial charge on any atom is 0.333 e. The molecular formula is C18H19BrN2O3. The maximum absolute atomic E-state index is 12.4. The first-order valence-electron chi connectivity index (χ1n) is 7.39. The molecular weight excluding hydrogens is 372 g/mol. The molecule has 24 heavy (non-hydrogen) atoms. The Labute approximate surface area is 149 Å². The molecule has 1 unspecified atom stereocenters. The average molecular weight is 391 g/mol. The van der Waals surface area contributed by atoms with E-state index in [0.717, 1.165) is 15.6 Å². The fourth-order valence-corrected chi connectivity index (χ4v) is 3.12. The van der Waals surface area contributed by atoms with E-state index >= 15 is 0 Å². The fraction of sp³-hybridized carbons (Fsp3) is 0.222. The molecule has 0 saturated heterocycles.